The molecule has 2 saturated heterocycles. The quantitative estimate of drug-likeness (QED) is 0.882. The van der Waals surface area contributed by atoms with Crippen LogP contribution in [-0.2, 0) is 9.53 Å². The Morgan fingerprint density at radius 3 is 2.75 bits per heavy atom. The number of rotatable bonds is 3. The molecule has 0 aliphatic carbocycles. The molecule has 8 heteroatoms. The molecule has 2 heterocycles. The van der Waals surface area contributed by atoms with Crippen LogP contribution in [0.3, 0.4) is 0 Å². The number of carbonyl (C=O) groups is 2. The van der Waals surface area contributed by atoms with E-state index in [4.69, 9.17) is 10.5 Å². The van der Waals surface area contributed by atoms with E-state index < -0.39 is 11.9 Å². The number of hydrogen-bond acceptors (Lipinski definition) is 5. The molecule has 1 aromatic carbocycles. The van der Waals surface area contributed by atoms with Gasteiger partial charge in [0.25, 0.3) is 0 Å². The number of cyclic esters (lactones) is 1. The summed E-state index contributed by atoms with van der Waals surface area (Å²) in [6.45, 7) is 2.14. The van der Waals surface area contributed by atoms with Gasteiger partial charge in [-0.2, -0.15) is 0 Å². The van der Waals surface area contributed by atoms with Gasteiger partial charge in [-0.25, -0.2) is 9.18 Å². The minimum atomic E-state index is -0.514. The number of halogens is 1. The van der Waals surface area contributed by atoms with Gasteiger partial charge < -0.3 is 20.3 Å². The van der Waals surface area contributed by atoms with Crippen molar-refractivity contribution in [2.24, 2.45) is 5.73 Å². The van der Waals surface area contributed by atoms with Crippen LogP contribution in [0.1, 0.15) is 6.42 Å². The molecule has 2 N–H and O–H groups in total. The van der Waals surface area contributed by atoms with E-state index in [-0.39, 0.29) is 18.6 Å². The maximum atomic E-state index is 14.6. The van der Waals surface area contributed by atoms with Crippen LogP contribution in [0.15, 0.2) is 18.2 Å². The Bertz CT molecular complexity index is 654. The van der Waals surface area contributed by atoms with Crippen molar-refractivity contribution in [1.29, 1.82) is 0 Å². The second-order valence-electron chi connectivity index (χ2n) is 6.04. The maximum Gasteiger partial charge on any atom is 0.414 e. The first-order chi connectivity index (χ1) is 11.5. The molecule has 0 unspecified atom stereocenters. The fraction of sp³-hybridized carbons (Fsp3) is 0.500. The van der Waals surface area contributed by atoms with Gasteiger partial charge in [0.1, 0.15) is 11.9 Å². The summed E-state index contributed by atoms with van der Waals surface area (Å²) in [5, 5.41) is 0. The topological polar surface area (TPSA) is 79.1 Å². The predicted molar refractivity (Wildman–Crippen MR) is 87.5 cm³/mol. The van der Waals surface area contributed by atoms with Crippen molar-refractivity contribution in [3.8, 4) is 0 Å². The molecule has 1 atom stereocenters. The molecular formula is C16H21FN4O3. The number of benzene rings is 1. The minimum Gasteiger partial charge on any atom is -0.443 e. The first kappa shape index (κ1) is 16.5. The number of nitrogens with zero attached hydrogens (tertiary/aromatic N) is 3. The summed E-state index contributed by atoms with van der Waals surface area (Å²) in [6.07, 6.45) is -0.527. The molecule has 2 aliphatic heterocycles. The summed E-state index contributed by atoms with van der Waals surface area (Å²) in [4.78, 5) is 28.5. The molecular weight excluding hydrogens is 315 g/mol. The van der Waals surface area contributed by atoms with E-state index in [2.05, 4.69) is 0 Å². The van der Waals surface area contributed by atoms with Crippen LogP contribution in [0.4, 0.5) is 20.6 Å². The normalized spacial score (nSPS) is 22.0. The number of anilines is 2. The van der Waals surface area contributed by atoms with E-state index in [0.717, 1.165) is 0 Å². The summed E-state index contributed by atoms with van der Waals surface area (Å²) >= 11 is 0. The van der Waals surface area contributed by atoms with Crippen molar-refractivity contribution in [3.63, 3.8) is 0 Å². The van der Waals surface area contributed by atoms with Crippen molar-refractivity contribution >= 4 is 23.4 Å². The van der Waals surface area contributed by atoms with Crippen LogP contribution in [0.25, 0.3) is 0 Å². The lowest BCUT2D eigenvalue weighted by Gasteiger charge is -2.24. The highest BCUT2D eigenvalue weighted by atomic mass is 19.1. The molecule has 2 fully saturated rings. The second-order valence-corrected chi connectivity index (χ2v) is 6.04. The molecule has 0 radical (unpaired) electrons. The molecule has 2 aliphatic rings. The molecule has 130 valence electrons. The third-order valence-electron chi connectivity index (χ3n) is 4.45. The lowest BCUT2D eigenvalue weighted by molar-refractivity contribution is -0.129. The smallest absolute Gasteiger partial charge is 0.414 e. The number of hydrogen-bond donors (Lipinski definition) is 1. The Morgan fingerprint density at radius 2 is 2.08 bits per heavy atom. The van der Waals surface area contributed by atoms with Gasteiger partial charge in [-0.05, 0) is 18.2 Å². The van der Waals surface area contributed by atoms with Gasteiger partial charge in [-0.3, -0.25) is 9.69 Å². The van der Waals surface area contributed by atoms with E-state index in [0.29, 0.717) is 44.0 Å². The van der Waals surface area contributed by atoms with E-state index in [1.54, 1.807) is 24.1 Å². The lowest BCUT2D eigenvalue weighted by Crippen LogP contribution is -2.30. The number of carbonyl (C=O) groups excluding carboxylic acids is 2. The molecule has 0 saturated carbocycles. The standard InChI is InChI=1S/C16H21FN4O3/c1-19-6-7-20(5-4-15(19)22)14-3-2-11(8-13(14)17)21-10-12(9-18)24-16(21)23/h2-3,8,12H,4-7,9-10,18H2,1H3/t12-/m0/s1. The lowest BCUT2D eigenvalue weighted by atomic mass is 10.2. The molecule has 0 bridgehead atoms. The summed E-state index contributed by atoms with van der Waals surface area (Å²) in [7, 11) is 1.75. The fourth-order valence-electron chi connectivity index (χ4n) is 2.94. The maximum absolute atomic E-state index is 14.6. The molecule has 7 nitrogen and oxygen atoms in total. The average Bonchev–Trinajstić information content (AvgIpc) is 2.87. The largest absolute Gasteiger partial charge is 0.443 e. The number of amides is 2. The highest BCUT2D eigenvalue weighted by Gasteiger charge is 2.32. The van der Waals surface area contributed by atoms with Crippen molar-refractivity contribution in [2.45, 2.75) is 12.5 Å². The second kappa shape index (κ2) is 6.64. The van der Waals surface area contributed by atoms with E-state index in [1.807, 2.05) is 4.90 Å². The summed E-state index contributed by atoms with van der Waals surface area (Å²) in [5.41, 5.74) is 6.39. The van der Waals surface area contributed by atoms with Gasteiger partial charge in [-0.15, -0.1) is 0 Å². The van der Waals surface area contributed by atoms with E-state index in [9.17, 15) is 14.0 Å². The Kier molecular flexibility index (Phi) is 4.57. The van der Waals surface area contributed by atoms with Gasteiger partial charge in [0.15, 0.2) is 0 Å². The van der Waals surface area contributed by atoms with Crippen LogP contribution in [0, 0.1) is 5.82 Å². The molecule has 0 spiro atoms. The Balaban J connectivity index is 1.78. The van der Waals surface area contributed by atoms with E-state index in [1.165, 1.54) is 11.0 Å². The van der Waals surface area contributed by atoms with Crippen molar-refractivity contribution in [3.05, 3.63) is 24.0 Å². The third kappa shape index (κ3) is 3.14. The van der Waals surface area contributed by atoms with E-state index >= 15 is 0 Å². The first-order valence-corrected chi connectivity index (χ1v) is 7.96. The average molecular weight is 336 g/mol. The number of ether oxygens (including phenoxy) is 1. The van der Waals surface area contributed by atoms with Crippen LogP contribution in [-0.4, -0.2) is 62.8 Å². The van der Waals surface area contributed by atoms with Crippen molar-refractivity contribution < 1.29 is 18.7 Å². The van der Waals surface area contributed by atoms with Gasteiger partial charge in [-0.1, -0.05) is 0 Å². The SMILES string of the molecule is CN1CCN(c2ccc(N3C[C@H](CN)OC3=O)cc2F)CCC1=O. The number of likely N-dealkylation sites (N-methyl/N-ethyl adjacent to an activating group) is 1. The minimum absolute atomic E-state index is 0.0576. The van der Waals surface area contributed by atoms with Crippen molar-refractivity contribution in [1.82, 2.24) is 4.90 Å². The first-order valence-electron chi connectivity index (χ1n) is 7.96. The van der Waals surface area contributed by atoms with Crippen LogP contribution in [0.2, 0.25) is 0 Å². The Labute approximate surface area is 139 Å². The predicted octanol–water partition coefficient (Wildman–Crippen LogP) is 0.778. The molecule has 24 heavy (non-hydrogen) atoms. The zero-order valence-electron chi connectivity index (χ0n) is 13.6. The molecule has 3 rings (SSSR count). The highest BCUT2D eigenvalue weighted by molar-refractivity contribution is 5.90. The summed E-state index contributed by atoms with van der Waals surface area (Å²) < 4.78 is 19.7. The van der Waals surface area contributed by atoms with Crippen LogP contribution < -0.4 is 15.5 Å². The summed E-state index contributed by atoms with van der Waals surface area (Å²) in [6, 6.07) is 4.66. The van der Waals surface area contributed by atoms with Crippen LogP contribution >= 0.6 is 0 Å². The zero-order chi connectivity index (χ0) is 17.3. The van der Waals surface area contributed by atoms with Gasteiger partial charge >= 0.3 is 6.09 Å². The molecule has 1 aromatic rings. The Hall–Kier alpha value is -2.35. The van der Waals surface area contributed by atoms with Crippen LogP contribution in [0.5, 0.6) is 0 Å². The number of nitrogens with two attached hydrogens (primary N) is 1. The van der Waals surface area contributed by atoms with Gasteiger partial charge in [0, 0.05) is 39.6 Å². The fourth-order valence-corrected chi connectivity index (χ4v) is 2.94. The molecule has 2 amide bonds. The third-order valence-corrected chi connectivity index (χ3v) is 4.45. The monoisotopic (exact) mass is 336 g/mol. The Morgan fingerprint density at radius 1 is 1.29 bits per heavy atom. The van der Waals surface area contributed by atoms with Gasteiger partial charge in [0.2, 0.25) is 5.91 Å². The van der Waals surface area contributed by atoms with Gasteiger partial charge in [0.05, 0.1) is 17.9 Å². The zero-order valence-corrected chi connectivity index (χ0v) is 13.6. The van der Waals surface area contributed by atoms with Crippen molar-refractivity contribution in [2.75, 3.05) is 49.6 Å². The summed E-state index contributed by atoms with van der Waals surface area (Å²) in [5.74, 6) is -0.365. The molecule has 0 aromatic heterocycles. The highest BCUT2D eigenvalue weighted by Crippen LogP contribution is 2.28.